The van der Waals surface area contributed by atoms with Gasteiger partial charge in [0.05, 0.1) is 12.2 Å². The van der Waals surface area contributed by atoms with Crippen LogP contribution in [-0.2, 0) is 16.1 Å². The van der Waals surface area contributed by atoms with Crippen LogP contribution in [-0.4, -0.2) is 62.5 Å². The average molecular weight is 354 g/mol. The summed E-state index contributed by atoms with van der Waals surface area (Å²) in [6, 6.07) is 8.11. The van der Waals surface area contributed by atoms with Crippen LogP contribution in [0.25, 0.3) is 5.69 Å². The lowest BCUT2D eigenvalue weighted by Crippen LogP contribution is -2.40. The molecule has 2 aromatic rings. The number of carboxylic acid groups (broad SMARTS) is 1. The van der Waals surface area contributed by atoms with Gasteiger partial charge in [0.15, 0.2) is 0 Å². The van der Waals surface area contributed by atoms with Crippen LogP contribution in [0.2, 0.25) is 0 Å². The number of carbonyl (C=O) groups excluding carboxylic acids is 1. The van der Waals surface area contributed by atoms with E-state index < -0.39 is 17.3 Å². The van der Waals surface area contributed by atoms with Gasteiger partial charge in [-0.1, -0.05) is 12.1 Å². The molecular formula is C19H22N4O3. The lowest BCUT2D eigenvalue weighted by atomic mass is 9.81. The van der Waals surface area contributed by atoms with Crippen molar-refractivity contribution in [3.05, 3.63) is 48.5 Å². The molecule has 7 nitrogen and oxygen atoms in total. The van der Waals surface area contributed by atoms with Crippen molar-refractivity contribution in [2.75, 3.05) is 26.2 Å². The smallest absolute Gasteiger partial charge is 0.313 e. The second kappa shape index (κ2) is 6.25. The number of nitrogens with zero attached hydrogens (tertiary/aromatic N) is 4. The van der Waals surface area contributed by atoms with Crippen molar-refractivity contribution in [2.24, 2.45) is 11.3 Å². The summed E-state index contributed by atoms with van der Waals surface area (Å²) < 4.78 is 1.93. The molecule has 2 aliphatic rings. The summed E-state index contributed by atoms with van der Waals surface area (Å²) in [7, 11) is 0. The summed E-state index contributed by atoms with van der Waals surface area (Å²) in [5.41, 5.74) is 1.17. The molecule has 3 heterocycles. The monoisotopic (exact) mass is 354 g/mol. The number of hydrogen-bond acceptors (Lipinski definition) is 4. The van der Waals surface area contributed by atoms with Gasteiger partial charge in [-0.25, -0.2) is 4.98 Å². The van der Waals surface area contributed by atoms with E-state index in [1.165, 1.54) is 0 Å². The van der Waals surface area contributed by atoms with Gasteiger partial charge in [-0.2, -0.15) is 0 Å². The Kier molecular flexibility index (Phi) is 4.03. The van der Waals surface area contributed by atoms with Gasteiger partial charge in [-0.3, -0.25) is 14.5 Å². The molecule has 0 unspecified atom stereocenters. The highest BCUT2D eigenvalue weighted by molar-refractivity contribution is 5.92. The standard InChI is InChI=1S/C19H22N4O3/c1-2-22-12-19(18(25)26)11-21(10-16(19)17(22)24)9-14-3-5-15(6-4-14)23-8-7-20-13-23/h3-8,13,16H,2,9-12H2,1H3,(H,25,26)/t16-,19-/m0/s1. The fraction of sp³-hybridized carbons (Fsp3) is 0.421. The Morgan fingerprint density at radius 1 is 1.31 bits per heavy atom. The Balaban J connectivity index is 1.49. The minimum atomic E-state index is -0.968. The number of fused-ring (bicyclic) bond motifs is 1. The number of likely N-dealkylation sites (tertiary alicyclic amines) is 2. The Hall–Kier alpha value is -2.67. The van der Waals surface area contributed by atoms with Gasteiger partial charge in [0.25, 0.3) is 0 Å². The van der Waals surface area contributed by atoms with Crippen molar-refractivity contribution in [1.82, 2.24) is 19.4 Å². The molecule has 2 saturated heterocycles. The molecule has 1 aromatic heterocycles. The zero-order valence-corrected chi connectivity index (χ0v) is 14.7. The number of aliphatic carboxylic acids is 1. The maximum atomic E-state index is 12.5. The fourth-order valence-corrected chi connectivity index (χ4v) is 4.24. The van der Waals surface area contributed by atoms with E-state index in [2.05, 4.69) is 9.88 Å². The zero-order chi connectivity index (χ0) is 18.3. The molecular weight excluding hydrogens is 332 g/mol. The van der Waals surface area contributed by atoms with E-state index >= 15 is 0 Å². The molecule has 1 aromatic carbocycles. The van der Waals surface area contributed by atoms with Crippen LogP contribution >= 0.6 is 0 Å². The first-order valence-corrected chi connectivity index (χ1v) is 8.85. The first-order valence-electron chi connectivity index (χ1n) is 8.85. The summed E-state index contributed by atoms with van der Waals surface area (Å²) >= 11 is 0. The summed E-state index contributed by atoms with van der Waals surface area (Å²) in [6.07, 6.45) is 5.37. The maximum Gasteiger partial charge on any atom is 0.313 e. The highest BCUT2D eigenvalue weighted by Crippen LogP contribution is 2.43. The number of carboxylic acids is 1. The summed E-state index contributed by atoms with van der Waals surface area (Å²) in [4.78, 5) is 32.3. The van der Waals surface area contributed by atoms with Crippen molar-refractivity contribution in [3.8, 4) is 5.69 Å². The van der Waals surface area contributed by atoms with Gasteiger partial charge in [0.2, 0.25) is 5.91 Å². The van der Waals surface area contributed by atoms with Gasteiger partial charge in [-0.15, -0.1) is 0 Å². The second-order valence-electron chi connectivity index (χ2n) is 7.17. The third-order valence-electron chi connectivity index (χ3n) is 5.65. The third kappa shape index (κ3) is 2.59. The van der Waals surface area contributed by atoms with E-state index in [0.717, 1.165) is 11.3 Å². The number of aromatic nitrogens is 2. The van der Waals surface area contributed by atoms with Gasteiger partial charge in [0.1, 0.15) is 5.41 Å². The molecule has 0 radical (unpaired) electrons. The molecule has 2 fully saturated rings. The van der Waals surface area contributed by atoms with E-state index in [9.17, 15) is 14.7 Å². The number of hydrogen-bond donors (Lipinski definition) is 1. The first kappa shape index (κ1) is 16.8. The molecule has 7 heteroatoms. The second-order valence-corrected chi connectivity index (χ2v) is 7.17. The minimum absolute atomic E-state index is 0.0205. The lowest BCUT2D eigenvalue weighted by Gasteiger charge is -2.24. The Morgan fingerprint density at radius 2 is 2.08 bits per heavy atom. The number of amides is 1. The first-order chi connectivity index (χ1) is 12.5. The summed E-state index contributed by atoms with van der Waals surface area (Å²) in [5, 5.41) is 9.82. The number of rotatable bonds is 5. The molecule has 0 aliphatic carbocycles. The van der Waals surface area contributed by atoms with Crippen LogP contribution in [0.4, 0.5) is 0 Å². The van der Waals surface area contributed by atoms with E-state index in [-0.39, 0.29) is 5.91 Å². The van der Waals surface area contributed by atoms with Crippen LogP contribution in [0.15, 0.2) is 43.0 Å². The molecule has 0 bridgehead atoms. The largest absolute Gasteiger partial charge is 0.481 e. The summed E-state index contributed by atoms with van der Waals surface area (Å²) in [5.74, 6) is -1.32. The van der Waals surface area contributed by atoms with Crippen molar-refractivity contribution in [1.29, 1.82) is 0 Å². The normalized spacial score (nSPS) is 25.7. The van der Waals surface area contributed by atoms with E-state index in [4.69, 9.17) is 0 Å². The fourth-order valence-electron chi connectivity index (χ4n) is 4.24. The van der Waals surface area contributed by atoms with Crippen molar-refractivity contribution in [3.63, 3.8) is 0 Å². The molecule has 26 heavy (non-hydrogen) atoms. The topological polar surface area (TPSA) is 78.7 Å². The highest BCUT2D eigenvalue weighted by atomic mass is 16.4. The molecule has 1 amide bonds. The van der Waals surface area contributed by atoms with Crippen molar-refractivity contribution in [2.45, 2.75) is 13.5 Å². The lowest BCUT2D eigenvalue weighted by molar-refractivity contribution is -0.149. The van der Waals surface area contributed by atoms with Gasteiger partial charge in [-0.05, 0) is 24.6 Å². The number of benzene rings is 1. The van der Waals surface area contributed by atoms with Crippen LogP contribution in [0.3, 0.4) is 0 Å². The molecule has 1 N–H and O–H groups in total. The van der Waals surface area contributed by atoms with Gasteiger partial charge < -0.3 is 14.6 Å². The predicted molar refractivity (Wildman–Crippen MR) is 94.7 cm³/mol. The van der Waals surface area contributed by atoms with Gasteiger partial charge >= 0.3 is 5.97 Å². The van der Waals surface area contributed by atoms with Crippen LogP contribution < -0.4 is 0 Å². The van der Waals surface area contributed by atoms with Crippen molar-refractivity contribution < 1.29 is 14.7 Å². The van der Waals surface area contributed by atoms with Crippen LogP contribution in [0.1, 0.15) is 12.5 Å². The van der Waals surface area contributed by atoms with E-state index in [0.29, 0.717) is 32.7 Å². The highest BCUT2D eigenvalue weighted by Gasteiger charge is 2.61. The van der Waals surface area contributed by atoms with Crippen LogP contribution in [0.5, 0.6) is 0 Å². The van der Waals surface area contributed by atoms with Crippen LogP contribution in [0, 0.1) is 11.3 Å². The minimum Gasteiger partial charge on any atom is -0.481 e. The predicted octanol–water partition coefficient (Wildman–Crippen LogP) is 1.24. The molecule has 2 aliphatic heterocycles. The third-order valence-corrected chi connectivity index (χ3v) is 5.65. The molecule has 2 atom stereocenters. The number of carbonyl (C=O) groups is 2. The Bertz CT molecular complexity index is 818. The van der Waals surface area contributed by atoms with E-state index in [1.54, 1.807) is 17.4 Å². The molecule has 136 valence electrons. The SMILES string of the molecule is CCN1C[C@@]2(C(=O)O)CN(Cc3ccc(-n4ccnc4)cc3)C[C@H]2C1=O. The zero-order valence-electron chi connectivity index (χ0n) is 14.7. The number of imidazole rings is 1. The Morgan fingerprint density at radius 3 is 2.65 bits per heavy atom. The quantitative estimate of drug-likeness (QED) is 0.874. The molecule has 0 spiro atoms. The summed E-state index contributed by atoms with van der Waals surface area (Å²) in [6.45, 7) is 4.35. The maximum absolute atomic E-state index is 12.5. The molecule has 0 saturated carbocycles. The molecule has 4 rings (SSSR count). The van der Waals surface area contributed by atoms with Gasteiger partial charge in [0, 0.05) is 50.8 Å². The Labute approximate surface area is 151 Å². The van der Waals surface area contributed by atoms with Crippen molar-refractivity contribution >= 4 is 11.9 Å². The average Bonchev–Trinajstić information content (AvgIpc) is 3.33. The van der Waals surface area contributed by atoms with E-state index in [1.807, 2.05) is 42.0 Å².